The summed E-state index contributed by atoms with van der Waals surface area (Å²) in [5.74, 6) is 0. The summed E-state index contributed by atoms with van der Waals surface area (Å²) in [5.41, 5.74) is 21.5. The third kappa shape index (κ3) is 4.29. The number of nitrogens with zero attached hydrogens (tertiary/aromatic N) is 2. The van der Waals surface area contributed by atoms with Gasteiger partial charge in [0, 0.05) is 43.8 Å². The molecule has 10 aromatic rings. The van der Waals surface area contributed by atoms with Crippen LogP contribution in [0.4, 0.5) is 0 Å². The number of aryl methyl sites for hydroxylation is 3. The summed E-state index contributed by atoms with van der Waals surface area (Å²) < 4.78 is 5.40. The Morgan fingerprint density at radius 3 is 1.90 bits per heavy atom. The Hall–Kier alpha value is -6.06. The first kappa shape index (κ1) is 34.0. The molecule has 0 radical (unpaired) electrons. The molecule has 2 aliphatic heterocycles. The van der Waals surface area contributed by atoms with E-state index in [1.54, 1.807) is 0 Å². The molecule has 0 saturated carbocycles. The van der Waals surface area contributed by atoms with Crippen LogP contribution in [0.2, 0.25) is 0 Å². The van der Waals surface area contributed by atoms with Gasteiger partial charge in [0.1, 0.15) is 0 Å². The van der Waals surface area contributed by atoms with Gasteiger partial charge in [-0.2, -0.15) is 0 Å². The molecule has 4 heterocycles. The van der Waals surface area contributed by atoms with Gasteiger partial charge in [-0.25, -0.2) is 0 Å². The van der Waals surface area contributed by atoms with Crippen molar-refractivity contribution in [1.82, 2.24) is 9.05 Å². The van der Waals surface area contributed by atoms with Crippen molar-refractivity contribution >= 4 is 82.9 Å². The fourth-order valence-electron chi connectivity index (χ4n) is 11.3. The van der Waals surface area contributed by atoms with Crippen LogP contribution in [0, 0.1) is 20.8 Å². The second-order valence-corrected chi connectivity index (χ2v) is 19.5. The van der Waals surface area contributed by atoms with Crippen molar-refractivity contribution in [3.8, 4) is 27.9 Å². The average Bonchev–Trinajstić information content (AvgIpc) is 3.70. The highest BCUT2D eigenvalue weighted by Crippen LogP contribution is 2.50. The van der Waals surface area contributed by atoms with E-state index in [2.05, 4.69) is 193 Å². The first-order valence-electron chi connectivity index (χ1n) is 21.1. The van der Waals surface area contributed by atoms with Gasteiger partial charge in [-0.3, -0.25) is 0 Å². The van der Waals surface area contributed by atoms with E-state index in [-0.39, 0.29) is 17.7 Å². The molecule has 0 bridgehead atoms. The molecule has 2 aromatic heterocycles. The molecule has 0 aliphatic carbocycles. The second-order valence-electron chi connectivity index (χ2n) is 19.5. The maximum atomic E-state index is 2.76. The maximum Gasteiger partial charge on any atom is 0.333 e. The summed E-state index contributed by atoms with van der Waals surface area (Å²) in [5, 5.41) is 10.7. The molecule has 0 fully saturated rings. The molecular formula is C55H47BN2. The fourth-order valence-corrected chi connectivity index (χ4v) is 11.3. The summed E-state index contributed by atoms with van der Waals surface area (Å²) in [4.78, 5) is 0. The summed E-state index contributed by atoms with van der Waals surface area (Å²) in [6.45, 7) is 20.8. The van der Waals surface area contributed by atoms with Crippen molar-refractivity contribution in [2.45, 2.75) is 73.1 Å². The topological polar surface area (TPSA) is 9.86 Å². The van der Waals surface area contributed by atoms with Gasteiger partial charge in [0.15, 0.2) is 0 Å². The Kier molecular flexibility index (Phi) is 6.52. The van der Waals surface area contributed by atoms with Crippen molar-refractivity contribution in [2.75, 3.05) is 0 Å². The highest BCUT2D eigenvalue weighted by Gasteiger charge is 2.44. The molecule has 0 saturated heterocycles. The van der Waals surface area contributed by atoms with Crippen LogP contribution in [0.3, 0.4) is 0 Å². The Labute approximate surface area is 340 Å². The monoisotopic (exact) mass is 746 g/mol. The lowest BCUT2D eigenvalue weighted by Gasteiger charge is -2.35. The largest absolute Gasteiger partial charge is 0.375 e. The number of aromatic nitrogens is 2. The predicted molar refractivity (Wildman–Crippen MR) is 252 cm³/mol. The van der Waals surface area contributed by atoms with Crippen LogP contribution >= 0.6 is 0 Å². The molecule has 2 nitrogen and oxygen atoms in total. The van der Waals surface area contributed by atoms with E-state index in [9.17, 15) is 0 Å². The maximum absolute atomic E-state index is 2.76. The lowest BCUT2D eigenvalue weighted by atomic mass is 9.44. The normalized spacial score (nSPS) is 13.6. The number of hydrogen-bond donors (Lipinski definition) is 0. The van der Waals surface area contributed by atoms with Gasteiger partial charge in [0.05, 0.1) is 11.0 Å². The van der Waals surface area contributed by atoms with Gasteiger partial charge in [0.2, 0.25) is 0 Å². The molecule has 8 aromatic carbocycles. The van der Waals surface area contributed by atoms with Gasteiger partial charge >= 0.3 is 6.85 Å². The van der Waals surface area contributed by atoms with Crippen LogP contribution in [0.5, 0.6) is 0 Å². The van der Waals surface area contributed by atoms with Crippen LogP contribution in [-0.2, 0) is 10.8 Å². The molecular weight excluding hydrogens is 699 g/mol. The number of benzene rings is 8. The Bertz CT molecular complexity index is 3480. The molecule has 280 valence electrons. The van der Waals surface area contributed by atoms with Crippen LogP contribution in [-0.4, -0.2) is 15.9 Å². The molecule has 0 unspecified atom stereocenters. The second kappa shape index (κ2) is 11.1. The van der Waals surface area contributed by atoms with Crippen molar-refractivity contribution in [1.29, 1.82) is 0 Å². The third-order valence-corrected chi connectivity index (χ3v) is 13.8. The predicted octanol–water partition coefficient (Wildman–Crippen LogP) is 13.3. The van der Waals surface area contributed by atoms with Crippen LogP contribution in [0.1, 0.15) is 69.4 Å². The van der Waals surface area contributed by atoms with E-state index in [0.29, 0.717) is 0 Å². The number of rotatable bonds is 1. The SMILES string of the molecule is Cc1cc(C)c(-c2ccc3c(c2)c2c4ccccc4c4c5c2n3-c2ccc3ccccc3c2B5n2c3ccc(C(C)(C)C)cc3c3cc(C(C)(C)C)cc-4c32)c(C)c1. The van der Waals surface area contributed by atoms with Gasteiger partial charge in [-0.05, 0) is 145 Å². The van der Waals surface area contributed by atoms with Gasteiger partial charge in [-0.15, -0.1) is 0 Å². The number of hydrogen-bond acceptors (Lipinski definition) is 0. The lowest BCUT2D eigenvalue weighted by Crippen LogP contribution is -2.55. The quantitative estimate of drug-likeness (QED) is 0.148. The van der Waals surface area contributed by atoms with Gasteiger partial charge in [-0.1, -0.05) is 126 Å². The van der Waals surface area contributed by atoms with Crippen LogP contribution in [0.15, 0.2) is 121 Å². The first-order chi connectivity index (χ1) is 27.8. The van der Waals surface area contributed by atoms with Gasteiger partial charge < -0.3 is 9.05 Å². The molecule has 0 atom stereocenters. The third-order valence-electron chi connectivity index (χ3n) is 13.8. The van der Waals surface area contributed by atoms with Crippen molar-refractivity contribution in [2.24, 2.45) is 0 Å². The molecule has 12 rings (SSSR count). The Balaban J connectivity index is 1.35. The molecule has 0 amide bonds. The van der Waals surface area contributed by atoms with Crippen molar-refractivity contribution in [3.63, 3.8) is 0 Å². The first-order valence-corrected chi connectivity index (χ1v) is 21.1. The number of fused-ring (bicyclic) bond motifs is 16. The minimum atomic E-state index is -0.0327. The van der Waals surface area contributed by atoms with E-state index < -0.39 is 0 Å². The fraction of sp³-hybridized carbons (Fsp3) is 0.200. The lowest BCUT2D eigenvalue weighted by molar-refractivity contribution is 0.590. The van der Waals surface area contributed by atoms with Crippen molar-refractivity contribution in [3.05, 3.63) is 149 Å². The van der Waals surface area contributed by atoms with Crippen molar-refractivity contribution < 1.29 is 0 Å². The van der Waals surface area contributed by atoms with Crippen LogP contribution < -0.4 is 10.9 Å². The smallest absolute Gasteiger partial charge is 0.333 e. The summed E-state index contributed by atoms with van der Waals surface area (Å²) in [6, 6.07) is 47.5. The van der Waals surface area contributed by atoms with E-state index in [0.717, 1.165) is 0 Å². The highest BCUT2D eigenvalue weighted by atomic mass is 15.0. The molecule has 3 heteroatoms. The molecule has 2 aliphatic rings. The Morgan fingerprint density at radius 2 is 1.16 bits per heavy atom. The Morgan fingerprint density at radius 1 is 0.483 bits per heavy atom. The molecule has 0 spiro atoms. The zero-order chi connectivity index (χ0) is 39.7. The van der Waals surface area contributed by atoms with Crippen LogP contribution in [0.25, 0.3) is 93.1 Å². The highest BCUT2D eigenvalue weighted by molar-refractivity contribution is 6.92. The van der Waals surface area contributed by atoms with Gasteiger partial charge in [0.25, 0.3) is 0 Å². The summed E-state index contributed by atoms with van der Waals surface area (Å²) in [6.07, 6.45) is 0. The van der Waals surface area contributed by atoms with E-state index in [1.807, 2.05) is 0 Å². The van der Waals surface area contributed by atoms with E-state index >= 15 is 0 Å². The molecule has 58 heavy (non-hydrogen) atoms. The van der Waals surface area contributed by atoms with E-state index in [1.165, 1.54) is 132 Å². The standard InChI is InChI=1S/C55H47BN2/c1-30-24-31(2)47(32(3)25-30)34-19-21-44-42(26-34)49-39-17-13-12-16-38(39)48-43-29-36(55(7,8)9)28-41-40-27-35(54(4,5)6)20-23-45(40)58(52(41)43)56-50-37-15-11-10-14-33(37)18-22-46(50)57(44)53(49)51(48)56/h10-29H,1-9H3. The summed E-state index contributed by atoms with van der Waals surface area (Å²) >= 11 is 0. The molecule has 0 N–H and O–H groups in total. The average molecular weight is 747 g/mol. The van der Waals surface area contributed by atoms with E-state index in [4.69, 9.17) is 0 Å². The summed E-state index contributed by atoms with van der Waals surface area (Å²) in [7, 11) is 0. The minimum Gasteiger partial charge on any atom is -0.375 e. The zero-order valence-electron chi connectivity index (χ0n) is 35.0. The minimum absolute atomic E-state index is 0.0189. The zero-order valence-corrected chi connectivity index (χ0v) is 35.0.